The van der Waals surface area contributed by atoms with Crippen LogP contribution < -0.4 is 5.32 Å². The molecule has 4 heteroatoms. The van der Waals surface area contributed by atoms with E-state index < -0.39 is 4.33 Å². The van der Waals surface area contributed by atoms with Crippen molar-refractivity contribution in [3.05, 3.63) is 34.9 Å². The second-order valence-corrected chi connectivity index (χ2v) is 6.21. The number of benzene rings is 1. The molecule has 0 radical (unpaired) electrons. The molecule has 0 saturated heterocycles. The molecule has 1 aromatic rings. The van der Waals surface area contributed by atoms with E-state index in [1.54, 1.807) is 0 Å². The summed E-state index contributed by atoms with van der Waals surface area (Å²) in [6.07, 6.45) is 0.550. The maximum Gasteiger partial charge on any atom is 0.226 e. The summed E-state index contributed by atoms with van der Waals surface area (Å²) in [7, 11) is 0. The Bertz CT molecular complexity index is 457. The molecule has 92 valence electrons. The minimum atomic E-state index is -0.841. The van der Waals surface area contributed by atoms with Crippen LogP contribution in [0.1, 0.15) is 23.1 Å². The summed E-state index contributed by atoms with van der Waals surface area (Å²) in [5.41, 5.74) is 3.53. The second kappa shape index (κ2) is 4.51. The van der Waals surface area contributed by atoms with Crippen LogP contribution in [0.3, 0.4) is 0 Å². The van der Waals surface area contributed by atoms with Crippen molar-refractivity contribution in [2.24, 2.45) is 5.92 Å². The van der Waals surface area contributed by atoms with Gasteiger partial charge in [0.15, 0.2) is 0 Å². The standard InChI is InChI=1S/C13H15Cl2NO/c1-8-3-4-10(9(2)5-8)7-16-12(17)11-6-13(11,14)15/h3-5,11H,6-7H2,1-2H3,(H,16,17). The number of hydrogen-bond donors (Lipinski definition) is 1. The Labute approximate surface area is 111 Å². The normalized spacial score (nSPS) is 21.1. The van der Waals surface area contributed by atoms with Crippen molar-refractivity contribution in [2.75, 3.05) is 0 Å². The van der Waals surface area contributed by atoms with E-state index in [4.69, 9.17) is 23.2 Å². The van der Waals surface area contributed by atoms with Crippen LogP contribution in [-0.4, -0.2) is 10.2 Å². The summed E-state index contributed by atoms with van der Waals surface area (Å²) in [5, 5.41) is 2.87. The van der Waals surface area contributed by atoms with Gasteiger partial charge in [0, 0.05) is 6.54 Å². The lowest BCUT2D eigenvalue weighted by atomic mass is 10.1. The highest BCUT2D eigenvalue weighted by Gasteiger charge is 2.56. The molecule has 1 N–H and O–H groups in total. The predicted molar refractivity (Wildman–Crippen MR) is 70.3 cm³/mol. The number of carbonyl (C=O) groups excluding carboxylic acids is 1. The van der Waals surface area contributed by atoms with Gasteiger partial charge in [0.05, 0.1) is 5.92 Å². The van der Waals surface area contributed by atoms with Crippen LogP contribution in [0.25, 0.3) is 0 Å². The first-order valence-electron chi connectivity index (χ1n) is 5.62. The van der Waals surface area contributed by atoms with E-state index >= 15 is 0 Å². The fourth-order valence-corrected chi connectivity index (χ4v) is 2.35. The molecular weight excluding hydrogens is 257 g/mol. The van der Waals surface area contributed by atoms with Gasteiger partial charge in [-0.3, -0.25) is 4.79 Å². The molecule has 1 fully saturated rings. The van der Waals surface area contributed by atoms with Crippen molar-refractivity contribution in [1.82, 2.24) is 5.32 Å². The molecule has 0 aromatic heterocycles. The van der Waals surface area contributed by atoms with Crippen molar-refractivity contribution >= 4 is 29.1 Å². The zero-order chi connectivity index (χ0) is 12.6. The highest BCUT2D eigenvalue weighted by atomic mass is 35.5. The minimum Gasteiger partial charge on any atom is -0.352 e. The van der Waals surface area contributed by atoms with Crippen LogP contribution in [-0.2, 0) is 11.3 Å². The molecule has 0 bridgehead atoms. The van der Waals surface area contributed by atoms with Gasteiger partial charge < -0.3 is 5.32 Å². The van der Waals surface area contributed by atoms with E-state index in [1.807, 2.05) is 19.1 Å². The number of alkyl halides is 2. The molecule has 1 amide bonds. The van der Waals surface area contributed by atoms with Gasteiger partial charge in [0.1, 0.15) is 4.33 Å². The van der Waals surface area contributed by atoms with Crippen LogP contribution in [0, 0.1) is 19.8 Å². The molecule has 0 heterocycles. The lowest BCUT2D eigenvalue weighted by molar-refractivity contribution is -0.122. The summed E-state index contributed by atoms with van der Waals surface area (Å²) < 4.78 is -0.841. The molecule has 2 nitrogen and oxygen atoms in total. The van der Waals surface area contributed by atoms with Crippen LogP contribution in [0.5, 0.6) is 0 Å². The number of halogens is 2. The highest BCUT2D eigenvalue weighted by molar-refractivity contribution is 6.52. The number of hydrogen-bond acceptors (Lipinski definition) is 1. The monoisotopic (exact) mass is 271 g/mol. The third-order valence-corrected chi connectivity index (χ3v) is 3.93. The zero-order valence-electron chi connectivity index (χ0n) is 9.89. The van der Waals surface area contributed by atoms with E-state index in [2.05, 4.69) is 18.3 Å². The molecule has 2 rings (SSSR count). The van der Waals surface area contributed by atoms with Crippen molar-refractivity contribution < 1.29 is 4.79 Å². The maximum absolute atomic E-state index is 11.7. The SMILES string of the molecule is Cc1ccc(CNC(=O)C2CC2(Cl)Cl)c(C)c1. The lowest BCUT2D eigenvalue weighted by Gasteiger charge is -2.08. The van der Waals surface area contributed by atoms with Gasteiger partial charge in [0.2, 0.25) is 5.91 Å². The summed E-state index contributed by atoms with van der Waals surface area (Å²) in [6, 6.07) is 6.18. The Balaban J connectivity index is 1.92. The van der Waals surface area contributed by atoms with Crippen LogP contribution in [0.4, 0.5) is 0 Å². The van der Waals surface area contributed by atoms with E-state index in [9.17, 15) is 4.79 Å². The fourth-order valence-electron chi connectivity index (χ4n) is 1.85. The Morgan fingerprint density at radius 1 is 1.47 bits per heavy atom. The van der Waals surface area contributed by atoms with Gasteiger partial charge >= 0.3 is 0 Å². The quantitative estimate of drug-likeness (QED) is 0.841. The lowest BCUT2D eigenvalue weighted by Crippen LogP contribution is -2.26. The van der Waals surface area contributed by atoms with Crippen LogP contribution in [0.2, 0.25) is 0 Å². The van der Waals surface area contributed by atoms with Gasteiger partial charge in [-0.1, -0.05) is 23.8 Å². The van der Waals surface area contributed by atoms with Gasteiger partial charge in [-0.2, -0.15) is 0 Å². The van der Waals surface area contributed by atoms with Gasteiger partial charge in [-0.25, -0.2) is 0 Å². The average molecular weight is 272 g/mol. The molecule has 1 atom stereocenters. The van der Waals surface area contributed by atoms with Gasteiger partial charge in [-0.15, -0.1) is 23.2 Å². The van der Waals surface area contributed by atoms with Crippen LogP contribution in [0.15, 0.2) is 18.2 Å². The van der Waals surface area contributed by atoms with E-state index in [0.29, 0.717) is 13.0 Å². The molecule has 1 aromatic carbocycles. The van der Waals surface area contributed by atoms with Gasteiger partial charge in [0.25, 0.3) is 0 Å². The second-order valence-electron chi connectivity index (χ2n) is 4.67. The Morgan fingerprint density at radius 2 is 2.12 bits per heavy atom. The van der Waals surface area contributed by atoms with Crippen molar-refractivity contribution in [2.45, 2.75) is 31.1 Å². The number of amides is 1. The first kappa shape index (κ1) is 12.7. The van der Waals surface area contributed by atoms with Gasteiger partial charge in [-0.05, 0) is 31.4 Å². The van der Waals surface area contributed by atoms with Crippen molar-refractivity contribution in [1.29, 1.82) is 0 Å². The van der Waals surface area contributed by atoms with Crippen LogP contribution >= 0.6 is 23.2 Å². The molecule has 0 aliphatic heterocycles. The number of nitrogens with one attached hydrogen (secondary N) is 1. The zero-order valence-corrected chi connectivity index (χ0v) is 11.4. The number of carbonyl (C=O) groups is 1. The molecule has 1 aliphatic carbocycles. The van der Waals surface area contributed by atoms with Crippen molar-refractivity contribution in [3.63, 3.8) is 0 Å². The third-order valence-electron chi connectivity index (χ3n) is 3.09. The fraction of sp³-hybridized carbons (Fsp3) is 0.462. The molecule has 17 heavy (non-hydrogen) atoms. The molecular formula is C13H15Cl2NO. The highest BCUT2D eigenvalue weighted by Crippen LogP contribution is 2.53. The summed E-state index contributed by atoms with van der Waals surface area (Å²) in [5.74, 6) is -0.313. The molecule has 0 spiro atoms. The van der Waals surface area contributed by atoms with E-state index in [0.717, 1.165) is 5.56 Å². The third kappa shape index (κ3) is 2.93. The Kier molecular flexibility index (Phi) is 3.37. The predicted octanol–water partition coefficient (Wildman–Crippen LogP) is 3.11. The van der Waals surface area contributed by atoms with E-state index in [-0.39, 0.29) is 11.8 Å². The summed E-state index contributed by atoms with van der Waals surface area (Å²) in [4.78, 5) is 11.7. The van der Waals surface area contributed by atoms with Crippen molar-refractivity contribution in [3.8, 4) is 0 Å². The summed E-state index contributed by atoms with van der Waals surface area (Å²) in [6.45, 7) is 4.62. The smallest absolute Gasteiger partial charge is 0.226 e. The Morgan fingerprint density at radius 3 is 2.65 bits per heavy atom. The minimum absolute atomic E-state index is 0.0602. The summed E-state index contributed by atoms with van der Waals surface area (Å²) >= 11 is 11.7. The molecule has 1 saturated carbocycles. The number of rotatable bonds is 3. The largest absolute Gasteiger partial charge is 0.352 e. The van der Waals surface area contributed by atoms with E-state index in [1.165, 1.54) is 11.1 Å². The topological polar surface area (TPSA) is 29.1 Å². The Hall–Kier alpha value is -0.730. The molecule has 1 aliphatic rings. The average Bonchev–Trinajstić information content (AvgIpc) is 2.86. The maximum atomic E-state index is 11.7. The first-order valence-corrected chi connectivity index (χ1v) is 6.37. The first-order chi connectivity index (χ1) is 7.90. The number of aryl methyl sites for hydroxylation is 2. The molecule has 1 unspecified atom stereocenters.